The van der Waals surface area contributed by atoms with Crippen molar-refractivity contribution in [2.45, 2.75) is 25.8 Å². The Labute approximate surface area is 90.7 Å². The van der Waals surface area contributed by atoms with Crippen molar-refractivity contribution >= 4 is 11.6 Å². The van der Waals surface area contributed by atoms with Gasteiger partial charge in [-0.25, -0.2) is 4.98 Å². The molecule has 1 heterocycles. The van der Waals surface area contributed by atoms with Gasteiger partial charge >= 0.3 is 0 Å². The lowest BCUT2D eigenvalue weighted by Gasteiger charge is -2.27. The first-order valence-corrected chi connectivity index (χ1v) is 5.17. The van der Waals surface area contributed by atoms with Crippen LogP contribution in [0.1, 0.15) is 20.3 Å². The second-order valence-electron chi connectivity index (χ2n) is 3.86. The van der Waals surface area contributed by atoms with Gasteiger partial charge in [0.2, 0.25) is 0 Å². The third-order valence-corrected chi connectivity index (χ3v) is 2.56. The Kier molecular flexibility index (Phi) is 3.91. The maximum absolute atomic E-state index is 9.27. The average Bonchev–Trinajstić information content (AvgIpc) is 2.29. The molecule has 1 unspecified atom stereocenters. The summed E-state index contributed by atoms with van der Waals surface area (Å²) in [5.74, 6) is 1.59. The zero-order valence-corrected chi connectivity index (χ0v) is 9.54. The lowest BCUT2D eigenvalue weighted by Crippen LogP contribution is -2.38. The molecule has 0 spiro atoms. The summed E-state index contributed by atoms with van der Waals surface area (Å²) in [5.41, 5.74) is -0.306. The van der Waals surface area contributed by atoms with Crippen LogP contribution in [0, 0.1) is 0 Å². The van der Waals surface area contributed by atoms with Crippen LogP contribution in [0.25, 0.3) is 0 Å². The molecule has 0 aromatic carbocycles. The highest BCUT2D eigenvalue weighted by molar-refractivity contribution is 5.46. The van der Waals surface area contributed by atoms with Crippen molar-refractivity contribution in [1.29, 1.82) is 0 Å². The molecule has 0 saturated carbocycles. The molecule has 1 atom stereocenters. The van der Waals surface area contributed by atoms with E-state index < -0.39 is 0 Å². The quantitative estimate of drug-likeness (QED) is 0.691. The Morgan fingerprint density at radius 1 is 1.40 bits per heavy atom. The zero-order valence-electron chi connectivity index (χ0n) is 9.54. The monoisotopic (exact) mass is 209 g/mol. The highest BCUT2D eigenvalue weighted by Gasteiger charge is 2.20. The number of hydrogen-bond donors (Lipinski definition) is 3. The van der Waals surface area contributed by atoms with Gasteiger partial charge in [0.05, 0.1) is 12.1 Å². The Bertz CT molecular complexity index is 310. The summed E-state index contributed by atoms with van der Waals surface area (Å²) in [6.07, 6.45) is 0.842. The summed E-state index contributed by atoms with van der Waals surface area (Å²) < 4.78 is 0. The molecule has 3 N–H and O–H groups in total. The zero-order chi connectivity index (χ0) is 11.3. The first-order chi connectivity index (χ1) is 7.13. The van der Waals surface area contributed by atoms with E-state index in [2.05, 4.69) is 15.6 Å². The maximum Gasteiger partial charge on any atom is 0.128 e. The molecule has 0 saturated heterocycles. The Morgan fingerprint density at radius 3 is 2.60 bits per heavy atom. The summed E-state index contributed by atoms with van der Waals surface area (Å²) in [5, 5.41) is 15.5. The van der Waals surface area contributed by atoms with E-state index in [9.17, 15) is 5.11 Å². The Balaban J connectivity index is 2.79. The molecule has 84 valence electrons. The van der Waals surface area contributed by atoms with E-state index >= 15 is 0 Å². The van der Waals surface area contributed by atoms with E-state index in [0.717, 1.165) is 18.1 Å². The van der Waals surface area contributed by atoms with Crippen LogP contribution in [0.4, 0.5) is 11.6 Å². The van der Waals surface area contributed by atoms with Crippen LogP contribution in [0.2, 0.25) is 0 Å². The Hall–Kier alpha value is -1.29. The lowest BCUT2D eigenvalue weighted by molar-refractivity contribution is 0.218. The number of nitrogens with one attached hydrogen (secondary N) is 2. The SMILES string of the molecule is CCC(C)(CO)Nc1cccc(NC)n1. The van der Waals surface area contributed by atoms with E-state index in [1.165, 1.54) is 0 Å². The van der Waals surface area contributed by atoms with Crippen LogP contribution in [-0.2, 0) is 0 Å². The molecule has 1 aromatic heterocycles. The number of rotatable bonds is 5. The molecule has 0 aliphatic heterocycles. The van der Waals surface area contributed by atoms with E-state index in [4.69, 9.17) is 0 Å². The summed E-state index contributed by atoms with van der Waals surface area (Å²) in [4.78, 5) is 4.34. The number of hydrogen-bond acceptors (Lipinski definition) is 4. The molecule has 0 aliphatic rings. The van der Waals surface area contributed by atoms with Gasteiger partial charge in [-0.3, -0.25) is 0 Å². The van der Waals surface area contributed by atoms with Crippen LogP contribution >= 0.6 is 0 Å². The van der Waals surface area contributed by atoms with E-state index in [1.54, 1.807) is 0 Å². The second kappa shape index (κ2) is 4.98. The molecule has 0 radical (unpaired) electrons. The fourth-order valence-corrected chi connectivity index (χ4v) is 1.19. The minimum Gasteiger partial charge on any atom is -0.394 e. The average molecular weight is 209 g/mol. The standard InChI is InChI=1S/C11H19N3O/c1-4-11(2,8-15)14-10-7-5-6-9(12-3)13-10/h5-7,15H,4,8H2,1-3H3,(H2,12,13,14). The predicted molar refractivity (Wildman–Crippen MR) is 63.2 cm³/mol. The van der Waals surface area contributed by atoms with Crippen molar-refractivity contribution in [3.63, 3.8) is 0 Å². The molecule has 0 fully saturated rings. The third kappa shape index (κ3) is 3.09. The van der Waals surface area contributed by atoms with Gasteiger partial charge in [-0.1, -0.05) is 13.0 Å². The number of anilines is 2. The highest BCUT2D eigenvalue weighted by atomic mass is 16.3. The summed E-state index contributed by atoms with van der Waals surface area (Å²) in [7, 11) is 1.83. The van der Waals surface area contributed by atoms with Gasteiger partial charge in [-0.15, -0.1) is 0 Å². The van der Waals surface area contributed by atoms with Crippen molar-refractivity contribution in [2.24, 2.45) is 0 Å². The van der Waals surface area contributed by atoms with Crippen LogP contribution < -0.4 is 10.6 Å². The fraction of sp³-hybridized carbons (Fsp3) is 0.545. The molecule has 1 aromatic rings. The summed E-state index contributed by atoms with van der Waals surface area (Å²) in [6, 6.07) is 5.71. The number of aliphatic hydroxyl groups excluding tert-OH is 1. The fourth-order valence-electron chi connectivity index (χ4n) is 1.19. The van der Waals surface area contributed by atoms with Gasteiger partial charge in [0.1, 0.15) is 11.6 Å². The second-order valence-corrected chi connectivity index (χ2v) is 3.86. The number of aromatic nitrogens is 1. The smallest absolute Gasteiger partial charge is 0.128 e. The lowest BCUT2D eigenvalue weighted by atomic mass is 10.0. The van der Waals surface area contributed by atoms with E-state index in [1.807, 2.05) is 39.1 Å². The van der Waals surface area contributed by atoms with Gasteiger partial charge < -0.3 is 15.7 Å². The number of aliphatic hydroxyl groups is 1. The van der Waals surface area contributed by atoms with E-state index in [0.29, 0.717) is 0 Å². The minimum atomic E-state index is -0.306. The van der Waals surface area contributed by atoms with Crippen molar-refractivity contribution in [3.05, 3.63) is 18.2 Å². The normalized spacial score (nSPS) is 14.4. The molecule has 0 amide bonds. The molecule has 4 heteroatoms. The summed E-state index contributed by atoms with van der Waals surface area (Å²) >= 11 is 0. The molecular weight excluding hydrogens is 190 g/mol. The van der Waals surface area contributed by atoms with Crippen LogP contribution in [0.15, 0.2) is 18.2 Å². The van der Waals surface area contributed by atoms with Crippen molar-refractivity contribution in [3.8, 4) is 0 Å². The first kappa shape index (κ1) is 11.8. The van der Waals surface area contributed by atoms with Crippen LogP contribution in [-0.4, -0.2) is 29.3 Å². The third-order valence-electron chi connectivity index (χ3n) is 2.56. The van der Waals surface area contributed by atoms with Gasteiger partial charge in [-0.2, -0.15) is 0 Å². The molecule has 0 bridgehead atoms. The van der Waals surface area contributed by atoms with Crippen molar-refractivity contribution < 1.29 is 5.11 Å². The molecule has 1 rings (SSSR count). The molecule has 15 heavy (non-hydrogen) atoms. The van der Waals surface area contributed by atoms with Crippen molar-refractivity contribution in [1.82, 2.24) is 4.98 Å². The van der Waals surface area contributed by atoms with Crippen LogP contribution in [0.5, 0.6) is 0 Å². The maximum atomic E-state index is 9.27. The predicted octanol–water partition coefficient (Wildman–Crippen LogP) is 1.70. The highest BCUT2D eigenvalue weighted by Crippen LogP contribution is 2.17. The number of pyridine rings is 1. The molecular formula is C11H19N3O. The Morgan fingerprint density at radius 2 is 2.07 bits per heavy atom. The largest absolute Gasteiger partial charge is 0.394 e. The van der Waals surface area contributed by atoms with Crippen molar-refractivity contribution in [2.75, 3.05) is 24.3 Å². The van der Waals surface area contributed by atoms with E-state index in [-0.39, 0.29) is 12.1 Å². The van der Waals surface area contributed by atoms with Gasteiger partial charge in [0, 0.05) is 7.05 Å². The minimum absolute atomic E-state index is 0.0922. The topological polar surface area (TPSA) is 57.2 Å². The van der Waals surface area contributed by atoms with Gasteiger partial charge in [0.25, 0.3) is 0 Å². The van der Waals surface area contributed by atoms with Crippen LogP contribution in [0.3, 0.4) is 0 Å². The van der Waals surface area contributed by atoms with Gasteiger partial charge in [0.15, 0.2) is 0 Å². The molecule has 0 aliphatic carbocycles. The summed E-state index contributed by atoms with van der Waals surface area (Å²) in [6.45, 7) is 4.10. The van der Waals surface area contributed by atoms with Gasteiger partial charge in [-0.05, 0) is 25.5 Å². The number of nitrogens with zero attached hydrogens (tertiary/aromatic N) is 1. The molecule has 4 nitrogen and oxygen atoms in total. The first-order valence-electron chi connectivity index (χ1n) is 5.17.